The highest BCUT2D eigenvalue weighted by atomic mass is 16.8. The number of nitrogens with zero attached hydrogens (tertiary/aromatic N) is 3. The maximum absolute atomic E-state index is 14.1. The van der Waals surface area contributed by atoms with Gasteiger partial charge in [-0.1, -0.05) is 30.3 Å². The fourth-order valence-electron chi connectivity index (χ4n) is 4.55. The number of rotatable bonds is 3. The van der Waals surface area contributed by atoms with Gasteiger partial charge >= 0.3 is 6.09 Å². The number of carbonyl (C=O) groups is 2. The van der Waals surface area contributed by atoms with Crippen LogP contribution in [0.15, 0.2) is 48.5 Å². The summed E-state index contributed by atoms with van der Waals surface area (Å²) in [6.45, 7) is 5.42. The Kier molecular flexibility index (Phi) is 5.43. The quantitative estimate of drug-likeness (QED) is 0.434. The van der Waals surface area contributed by atoms with Crippen LogP contribution in [0.1, 0.15) is 38.3 Å². The standard InChI is InChI=1S/C24H27N3O6/c1-23(2,3)33-22(29)26-13-12-20(27(30)31)24(26)18-14-17(32-4)10-11-19(18)25(21(24)28)15-16-8-6-5-7-9-16/h5-11,14H,12-13,15H2,1-4H3,(H,30,31). The Balaban J connectivity index is 1.93. The first kappa shape index (κ1) is 22.4. The van der Waals surface area contributed by atoms with Crippen molar-refractivity contribution in [3.63, 3.8) is 0 Å². The Hall–Kier alpha value is -3.75. The summed E-state index contributed by atoms with van der Waals surface area (Å²) in [6.07, 6.45) is -0.733. The third kappa shape index (κ3) is 3.63. The minimum absolute atomic E-state index is 0.0147. The predicted octanol–water partition coefficient (Wildman–Crippen LogP) is 3.42. The van der Waals surface area contributed by atoms with Gasteiger partial charge < -0.3 is 19.6 Å². The van der Waals surface area contributed by atoms with E-state index in [-0.39, 0.29) is 30.1 Å². The molecule has 33 heavy (non-hydrogen) atoms. The van der Waals surface area contributed by atoms with Crippen molar-refractivity contribution in [3.05, 3.63) is 64.9 Å². The Labute approximate surface area is 192 Å². The van der Waals surface area contributed by atoms with Crippen molar-refractivity contribution in [2.45, 2.75) is 44.9 Å². The van der Waals surface area contributed by atoms with E-state index in [4.69, 9.17) is 9.47 Å². The first-order valence-electron chi connectivity index (χ1n) is 10.7. The highest BCUT2D eigenvalue weighted by molar-refractivity contribution is 6.24. The molecule has 2 aliphatic rings. The van der Waals surface area contributed by atoms with Gasteiger partial charge in [-0.3, -0.25) is 14.9 Å². The second-order valence-electron chi connectivity index (χ2n) is 9.07. The number of fused-ring (bicyclic) bond motifs is 2. The Morgan fingerprint density at radius 2 is 1.91 bits per heavy atom. The molecule has 0 aliphatic carbocycles. The average molecular weight is 453 g/mol. The lowest BCUT2D eigenvalue weighted by Crippen LogP contribution is -2.57. The summed E-state index contributed by atoms with van der Waals surface area (Å²) in [5.41, 5.74) is -1.01. The summed E-state index contributed by atoms with van der Waals surface area (Å²) < 4.78 is 11.0. The molecule has 1 saturated heterocycles. The van der Waals surface area contributed by atoms with Crippen molar-refractivity contribution in [1.29, 1.82) is 0 Å². The minimum Gasteiger partial charge on any atom is -0.497 e. The van der Waals surface area contributed by atoms with Crippen LogP contribution in [-0.4, -0.2) is 52.0 Å². The Bertz CT molecular complexity index is 1120. The van der Waals surface area contributed by atoms with Crippen LogP contribution in [0.3, 0.4) is 0 Å². The molecule has 4 rings (SSSR count). The third-order valence-electron chi connectivity index (χ3n) is 5.86. The maximum atomic E-state index is 14.1. The molecule has 2 heterocycles. The highest BCUT2D eigenvalue weighted by Gasteiger charge is 2.67. The van der Waals surface area contributed by atoms with E-state index in [1.807, 2.05) is 30.3 Å². The molecule has 2 amide bonds. The van der Waals surface area contributed by atoms with Crippen molar-refractivity contribution >= 4 is 23.4 Å². The highest BCUT2D eigenvalue weighted by Crippen LogP contribution is 2.50. The Morgan fingerprint density at radius 3 is 2.52 bits per heavy atom. The second-order valence-corrected chi connectivity index (χ2v) is 9.07. The number of anilines is 1. The topological polar surface area (TPSA) is 105 Å². The van der Waals surface area contributed by atoms with Gasteiger partial charge in [0, 0.05) is 17.0 Å². The van der Waals surface area contributed by atoms with E-state index in [0.717, 1.165) is 5.56 Å². The van der Waals surface area contributed by atoms with Crippen LogP contribution in [0.5, 0.6) is 5.75 Å². The summed E-state index contributed by atoms with van der Waals surface area (Å²) in [6, 6.07) is 14.5. The van der Waals surface area contributed by atoms with Crippen LogP contribution in [-0.2, 0) is 21.6 Å². The molecule has 1 fully saturated rings. The zero-order valence-electron chi connectivity index (χ0n) is 19.1. The summed E-state index contributed by atoms with van der Waals surface area (Å²) in [5.74, 6) is -0.0591. The summed E-state index contributed by atoms with van der Waals surface area (Å²) in [4.78, 5) is 29.8. The zero-order valence-corrected chi connectivity index (χ0v) is 19.1. The molecule has 0 bridgehead atoms. The van der Waals surface area contributed by atoms with Crippen LogP contribution in [0, 0.1) is 5.21 Å². The van der Waals surface area contributed by atoms with E-state index in [2.05, 4.69) is 0 Å². The van der Waals surface area contributed by atoms with Gasteiger partial charge in [-0.05, 0) is 44.5 Å². The van der Waals surface area contributed by atoms with Crippen LogP contribution in [0.25, 0.3) is 0 Å². The van der Waals surface area contributed by atoms with Crippen molar-refractivity contribution < 1.29 is 29.2 Å². The van der Waals surface area contributed by atoms with Gasteiger partial charge in [-0.15, -0.1) is 0 Å². The fraction of sp³-hybridized carbons (Fsp3) is 0.375. The number of hydrogen-bond donors (Lipinski definition) is 1. The van der Waals surface area contributed by atoms with Crippen molar-refractivity contribution in [2.24, 2.45) is 0 Å². The second kappa shape index (κ2) is 7.99. The van der Waals surface area contributed by atoms with E-state index in [1.165, 1.54) is 16.9 Å². The van der Waals surface area contributed by atoms with Crippen molar-refractivity contribution in [2.75, 3.05) is 18.6 Å². The normalized spacial score (nSPS) is 21.4. The van der Waals surface area contributed by atoms with Crippen LogP contribution < -0.4 is 9.64 Å². The summed E-state index contributed by atoms with van der Waals surface area (Å²) in [5, 5.41) is 22.3. The van der Waals surface area contributed by atoms with E-state index < -0.39 is 23.1 Å². The number of amides is 2. The fourth-order valence-corrected chi connectivity index (χ4v) is 4.55. The van der Waals surface area contributed by atoms with Gasteiger partial charge in [0.2, 0.25) is 5.54 Å². The van der Waals surface area contributed by atoms with Crippen LogP contribution >= 0.6 is 0 Å². The van der Waals surface area contributed by atoms with Crippen molar-refractivity contribution in [3.8, 4) is 5.75 Å². The molecule has 174 valence electrons. The molecule has 1 unspecified atom stereocenters. The van der Waals surface area contributed by atoms with Gasteiger partial charge in [0.05, 0.1) is 25.8 Å². The molecule has 1 atom stereocenters. The first-order valence-corrected chi connectivity index (χ1v) is 10.7. The molecule has 9 heteroatoms. The minimum atomic E-state index is -1.84. The zero-order chi connectivity index (χ0) is 24.0. The predicted molar refractivity (Wildman–Crippen MR) is 120 cm³/mol. The molecular formula is C24H27N3O6. The molecule has 1 spiro atoms. The lowest BCUT2D eigenvalue weighted by molar-refractivity contribution is -0.728. The SMILES string of the molecule is COc1ccc2c(c1)C1(C(=O)N2Cc2ccccc2)/C(=[N+](/[O-])O)CCN1C(=O)OC(C)(C)C. The molecule has 0 radical (unpaired) electrons. The molecule has 2 aromatic rings. The van der Waals surface area contributed by atoms with Gasteiger partial charge in [-0.2, -0.15) is 0 Å². The molecule has 1 N–H and O–H groups in total. The van der Waals surface area contributed by atoms with E-state index in [9.17, 15) is 20.0 Å². The van der Waals surface area contributed by atoms with E-state index in [1.54, 1.807) is 39.0 Å². The number of likely N-dealkylation sites (tertiary alicyclic amines) is 1. The average Bonchev–Trinajstić information content (AvgIpc) is 3.27. The number of methoxy groups -OCH3 is 1. The first-order chi connectivity index (χ1) is 15.6. The molecule has 0 aromatic heterocycles. The van der Waals surface area contributed by atoms with Crippen molar-refractivity contribution in [1.82, 2.24) is 4.90 Å². The molecule has 2 aliphatic heterocycles. The van der Waals surface area contributed by atoms with Gasteiger partial charge in [0.15, 0.2) is 0 Å². The van der Waals surface area contributed by atoms with Crippen LogP contribution in [0.2, 0.25) is 0 Å². The molecule has 0 saturated carbocycles. The smallest absolute Gasteiger partial charge is 0.411 e. The maximum Gasteiger partial charge on any atom is 0.411 e. The van der Waals surface area contributed by atoms with E-state index in [0.29, 0.717) is 17.0 Å². The number of hydrogen-bond acceptors (Lipinski definition) is 6. The lowest BCUT2D eigenvalue weighted by atomic mass is 9.86. The Morgan fingerprint density at radius 1 is 1.21 bits per heavy atom. The van der Waals surface area contributed by atoms with Gasteiger partial charge in [0.25, 0.3) is 11.6 Å². The molecular weight excluding hydrogens is 426 g/mol. The molecule has 9 nitrogen and oxygen atoms in total. The third-order valence-corrected chi connectivity index (χ3v) is 5.86. The van der Waals surface area contributed by atoms with E-state index >= 15 is 0 Å². The van der Waals surface area contributed by atoms with Gasteiger partial charge in [0.1, 0.15) is 11.4 Å². The largest absolute Gasteiger partial charge is 0.497 e. The summed E-state index contributed by atoms with van der Waals surface area (Å²) in [7, 11) is 1.49. The molecule has 2 aromatic carbocycles. The summed E-state index contributed by atoms with van der Waals surface area (Å²) >= 11 is 0. The number of benzene rings is 2. The number of carbonyl (C=O) groups excluding carboxylic acids is 2. The lowest BCUT2D eigenvalue weighted by Gasteiger charge is -2.33. The van der Waals surface area contributed by atoms with Crippen LogP contribution in [0.4, 0.5) is 10.5 Å². The number of ether oxygens (including phenoxy) is 2. The van der Waals surface area contributed by atoms with Gasteiger partial charge in [-0.25, -0.2) is 4.79 Å². The monoisotopic (exact) mass is 453 g/mol.